The van der Waals surface area contributed by atoms with Crippen LogP contribution < -0.4 is 15.8 Å². The number of anilines is 1. The van der Waals surface area contributed by atoms with Crippen LogP contribution in [0.3, 0.4) is 0 Å². The first-order valence-electron chi connectivity index (χ1n) is 13.9. The standard InChI is InChI=1S/C28H29Cl2N7O6/c29-17-7-6-16(12-18(17)30)42-28(41)36-10-8-14(9-11-36)2-1-3-19-34-24(31)20-25(35-19)37(13-32-20)27-22(39)21(38)23(43-27)26(40)33-15-4-5-15/h6-7,12-15,21-23,27,38-39H,2,4-5,8-11H2,(H,33,40)(H2,31,34,35)/t21-,22+,23-,27+/m0/s1. The molecule has 5 N–H and O–H groups in total. The number of aliphatic hydroxyl groups is 2. The highest BCUT2D eigenvalue weighted by atomic mass is 35.5. The first kappa shape index (κ1) is 29.4. The molecule has 2 amide bonds. The topological polar surface area (TPSA) is 178 Å². The maximum atomic E-state index is 12.5. The molecule has 6 rings (SSSR count). The van der Waals surface area contributed by atoms with Gasteiger partial charge in [-0.2, -0.15) is 0 Å². The van der Waals surface area contributed by atoms with Crippen molar-refractivity contribution in [3.05, 3.63) is 40.4 Å². The van der Waals surface area contributed by atoms with Gasteiger partial charge in [-0.1, -0.05) is 29.1 Å². The van der Waals surface area contributed by atoms with E-state index in [-0.39, 0.29) is 34.8 Å². The maximum Gasteiger partial charge on any atom is 0.415 e. The second-order valence-corrected chi connectivity index (χ2v) is 11.7. The van der Waals surface area contributed by atoms with Crippen LogP contribution in [0.15, 0.2) is 24.5 Å². The van der Waals surface area contributed by atoms with Crippen LogP contribution in [-0.4, -0.2) is 84.1 Å². The fourth-order valence-electron chi connectivity index (χ4n) is 5.10. The first-order chi connectivity index (χ1) is 20.7. The molecule has 2 aliphatic heterocycles. The van der Waals surface area contributed by atoms with E-state index in [2.05, 4.69) is 32.1 Å². The van der Waals surface area contributed by atoms with Crippen LogP contribution in [0, 0.1) is 17.8 Å². The Labute approximate surface area is 256 Å². The number of amides is 2. The van der Waals surface area contributed by atoms with Crippen molar-refractivity contribution in [2.45, 2.75) is 62.7 Å². The lowest BCUT2D eigenvalue weighted by molar-refractivity contribution is -0.137. The van der Waals surface area contributed by atoms with E-state index >= 15 is 0 Å². The summed E-state index contributed by atoms with van der Waals surface area (Å²) in [6, 6.07) is 4.74. The van der Waals surface area contributed by atoms with Crippen LogP contribution in [0.1, 0.15) is 44.2 Å². The fourth-order valence-corrected chi connectivity index (χ4v) is 5.39. The average molecular weight is 630 g/mol. The van der Waals surface area contributed by atoms with E-state index in [4.69, 9.17) is 38.4 Å². The zero-order valence-electron chi connectivity index (χ0n) is 22.8. The molecule has 1 aliphatic carbocycles. The van der Waals surface area contributed by atoms with Crippen molar-refractivity contribution in [3.63, 3.8) is 0 Å². The van der Waals surface area contributed by atoms with Crippen LogP contribution >= 0.6 is 23.2 Å². The van der Waals surface area contributed by atoms with Gasteiger partial charge in [0.05, 0.1) is 16.4 Å². The predicted octanol–water partition coefficient (Wildman–Crippen LogP) is 2.27. The van der Waals surface area contributed by atoms with Crippen molar-refractivity contribution in [2.75, 3.05) is 18.8 Å². The van der Waals surface area contributed by atoms with Gasteiger partial charge in [0.15, 0.2) is 23.8 Å². The number of likely N-dealkylation sites (tertiary alicyclic amines) is 1. The SMILES string of the molecule is Nc1nc(C#CCC2CCN(C(=O)Oc3ccc(Cl)c(Cl)c3)CC2)nc2c1ncn2[C@@H]1O[C@H](C(=O)NC2CC2)[C@@H](O)[C@H]1O. The van der Waals surface area contributed by atoms with Gasteiger partial charge in [0.2, 0.25) is 5.82 Å². The minimum atomic E-state index is -1.43. The van der Waals surface area contributed by atoms with Gasteiger partial charge in [0.25, 0.3) is 5.91 Å². The van der Waals surface area contributed by atoms with Gasteiger partial charge in [0, 0.05) is 31.6 Å². The molecule has 43 heavy (non-hydrogen) atoms. The monoisotopic (exact) mass is 629 g/mol. The normalized spacial score (nSPS) is 24.0. The van der Waals surface area contributed by atoms with Crippen molar-refractivity contribution in [1.82, 2.24) is 29.7 Å². The van der Waals surface area contributed by atoms with Crippen molar-refractivity contribution in [2.24, 2.45) is 5.92 Å². The van der Waals surface area contributed by atoms with E-state index in [9.17, 15) is 19.8 Å². The Balaban J connectivity index is 1.07. The summed E-state index contributed by atoms with van der Waals surface area (Å²) < 4.78 is 12.6. The maximum absolute atomic E-state index is 12.5. The summed E-state index contributed by atoms with van der Waals surface area (Å²) in [5.74, 6) is 6.42. The number of rotatable bonds is 5. The van der Waals surface area contributed by atoms with Gasteiger partial charge in [-0.05, 0) is 49.7 Å². The molecule has 3 fully saturated rings. The first-order valence-corrected chi connectivity index (χ1v) is 14.7. The summed E-state index contributed by atoms with van der Waals surface area (Å²) in [5.41, 5.74) is 6.66. The summed E-state index contributed by atoms with van der Waals surface area (Å²) in [5, 5.41) is 24.6. The number of benzene rings is 1. The second kappa shape index (κ2) is 12.1. The number of nitrogens with two attached hydrogens (primary N) is 1. The highest BCUT2D eigenvalue weighted by Crippen LogP contribution is 2.33. The molecule has 13 nitrogen and oxygen atoms in total. The van der Waals surface area contributed by atoms with Gasteiger partial charge >= 0.3 is 6.09 Å². The Hall–Kier alpha value is -3.67. The largest absolute Gasteiger partial charge is 0.415 e. The number of nitrogens with one attached hydrogen (secondary N) is 1. The lowest BCUT2D eigenvalue weighted by Crippen LogP contribution is -2.43. The van der Waals surface area contributed by atoms with Crippen molar-refractivity contribution < 1.29 is 29.3 Å². The Bertz CT molecular complexity index is 1610. The molecule has 0 radical (unpaired) electrons. The molecule has 3 aliphatic rings. The minimum Gasteiger partial charge on any atom is -0.410 e. The number of aromatic nitrogens is 4. The molecule has 0 bridgehead atoms. The lowest BCUT2D eigenvalue weighted by atomic mass is 9.94. The lowest BCUT2D eigenvalue weighted by Gasteiger charge is -2.30. The van der Waals surface area contributed by atoms with Crippen LogP contribution in [0.25, 0.3) is 11.2 Å². The molecule has 15 heteroatoms. The number of ether oxygens (including phenoxy) is 2. The van der Waals surface area contributed by atoms with Crippen molar-refractivity contribution >= 4 is 52.2 Å². The highest BCUT2D eigenvalue weighted by molar-refractivity contribution is 6.42. The summed E-state index contributed by atoms with van der Waals surface area (Å²) >= 11 is 11.9. The second-order valence-electron chi connectivity index (χ2n) is 10.8. The summed E-state index contributed by atoms with van der Waals surface area (Å²) in [7, 11) is 0. The average Bonchev–Trinajstić information content (AvgIpc) is 3.62. The van der Waals surface area contributed by atoms with Gasteiger partial charge in [-0.25, -0.2) is 19.7 Å². The van der Waals surface area contributed by atoms with E-state index in [0.717, 1.165) is 25.7 Å². The molecule has 2 saturated heterocycles. The van der Waals surface area contributed by atoms with E-state index < -0.39 is 36.5 Å². The van der Waals surface area contributed by atoms with Crippen molar-refractivity contribution in [1.29, 1.82) is 0 Å². The predicted molar refractivity (Wildman–Crippen MR) is 155 cm³/mol. The van der Waals surface area contributed by atoms with Crippen LogP contribution in [-0.2, 0) is 9.53 Å². The van der Waals surface area contributed by atoms with Crippen molar-refractivity contribution in [3.8, 4) is 17.6 Å². The number of hydrogen-bond acceptors (Lipinski definition) is 10. The molecule has 4 heterocycles. The van der Waals surface area contributed by atoms with E-state index in [0.29, 0.717) is 35.3 Å². The van der Waals surface area contributed by atoms with Gasteiger partial charge in [-0.3, -0.25) is 9.36 Å². The van der Waals surface area contributed by atoms with Crippen LogP contribution in [0.5, 0.6) is 5.75 Å². The third kappa shape index (κ3) is 6.34. The molecule has 3 aromatic rings. The number of nitrogens with zero attached hydrogens (tertiary/aromatic N) is 5. The highest BCUT2D eigenvalue weighted by Gasteiger charge is 2.48. The van der Waals surface area contributed by atoms with Gasteiger partial charge in [0.1, 0.15) is 23.5 Å². The number of fused-ring (bicyclic) bond motifs is 1. The van der Waals surface area contributed by atoms with Gasteiger partial charge < -0.3 is 35.6 Å². The van der Waals surface area contributed by atoms with Crippen LogP contribution in [0.4, 0.5) is 10.6 Å². The quantitative estimate of drug-likeness (QED) is 0.306. The van der Waals surface area contributed by atoms with Gasteiger partial charge in [-0.15, -0.1) is 0 Å². The Morgan fingerprint density at radius 3 is 2.60 bits per heavy atom. The van der Waals surface area contributed by atoms with E-state index in [1.54, 1.807) is 17.0 Å². The summed E-state index contributed by atoms with van der Waals surface area (Å²) in [4.78, 5) is 39.6. The molecule has 2 aromatic heterocycles. The molecule has 0 spiro atoms. The van der Waals surface area contributed by atoms with E-state index in [1.165, 1.54) is 17.0 Å². The number of hydrogen-bond donors (Lipinski definition) is 4. The smallest absolute Gasteiger partial charge is 0.410 e. The molecule has 0 unspecified atom stereocenters. The minimum absolute atomic E-state index is 0.0754. The van der Waals surface area contributed by atoms with Crippen LogP contribution in [0.2, 0.25) is 10.0 Å². The Morgan fingerprint density at radius 2 is 1.88 bits per heavy atom. The molecule has 1 aromatic carbocycles. The zero-order valence-corrected chi connectivity index (χ0v) is 24.3. The number of nitrogen functional groups attached to an aromatic ring is 1. The molecule has 4 atom stereocenters. The Morgan fingerprint density at radius 1 is 1.12 bits per heavy atom. The number of piperidine rings is 1. The molecular weight excluding hydrogens is 601 g/mol. The number of aliphatic hydroxyl groups excluding tert-OH is 2. The number of carbonyl (C=O) groups excluding carboxylic acids is 2. The van der Waals surface area contributed by atoms with E-state index in [1.807, 2.05) is 0 Å². The molecule has 1 saturated carbocycles. The summed E-state index contributed by atoms with van der Waals surface area (Å²) in [6.45, 7) is 1.05. The third-order valence-electron chi connectivity index (χ3n) is 7.70. The number of carbonyl (C=O) groups is 2. The Kier molecular flexibility index (Phi) is 8.30. The summed E-state index contributed by atoms with van der Waals surface area (Å²) in [6.07, 6.45) is -0.448. The number of halogens is 2. The number of imidazole rings is 1. The molecule has 226 valence electrons. The fraction of sp³-hybridized carbons (Fsp3) is 0.464. The zero-order chi connectivity index (χ0) is 30.2. The third-order valence-corrected chi connectivity index (χ3v) is 8.44. The molecular formula is C28H29Cl2N7O6.